The molecule has 2 rings (SSSR count). The van der Waals surface area contributed by atoms with Gasteiger partial charge in [-0.05, 0) is 38.0 Å². The number of carbonyl (C=O) groups excluding carboxylic acids is 2. The van der Waals surface area contributed by atoms with Gasteiger partial charge < -0.3 is 9.80 Å². The molecule has 0 aliphatic carbocycles. The molecule has 4 heteroatoms. The molecule has 1 aromatic rings. The highest BCUT2D eigenvalue weighted by molar-refractivity contribution is 6.00. The monoisotopic (exact) mass is 260 g/mol. The van der Waals surface area contributed by atoms with Crippen molar-refractivity contribution in [3.63, 3.8) is 0 Å². The fraction of sp³-hybridized carbons (Fsp3) is 0.467. The number of likely N-dealkylation sites (N-methyl/N-ethyl adjacent to an activating group) is 2. The number of likely N-dealkylation sites (tertiary alicyclic amines) is 1. The third kappa shape index (κ3) is 2.62. The molecule has 2 amide bonds. The topological polar surface area (TPSA) is 40.6 Å². The smallest absolute Gasteiger partial charge is 0.249 e. The van der Waals surface area contributed by atoms with Crippen LogP contribution in [0.4, 0.5) is 5.69 Å². The molecule has 1 atom stereocenters. The quantitative estimate of drug-likeness (QED) is 0.833. The summed E-state index contributed by atoms with van der Waals surface area (Å²) in [5, 5.41) is 0. The fourth-order valence-electron chi connectivity index (χ4n) is 2.53. The van der Waals surface area contributed by atoms with Crippen LogP contribution in [0.15, 0.2) is 24.3 Å². The zero-order valence-corrected chi connectivity index (χ0v) is 11.7. The van der Waals surface area contributed by atoms with Crippen molar-refractivity contribution in [3.05, 3.63) is 29.8 Å². The molecule has 0 N–H and O–H groups in total. The third-order valence-electron chi connectivity index (χ3n) is 3.67. The first-order valence-corrected chi connectivity index (χ1v) is 6.68. The maximum atomic E-state index is 12.6. The molecule has 0 aromatic heterocycles. The average Bonchev–Trinajstić information content (AvgIpc) is 2.71. The van der Waals surface area contributed by atoms with Gasteiger partial charge >= 0.3 is 0 Å². The van der Waals surface area contributed by atoms with E-state index in [0.717, 1.165) is 11.3 Å². The van der Waals surface area contributed by atoms with Crippen LogP contribution in [-0.4, -0.2) is 36.3 Å². The molecule has 19 heavy (non-hydrogen) atoms. The van der Waals surface area contributed by atoms with Crippen LogP contribution in [0.3, 0.4) is 0 Å². The van der Waals surface area contributed by atoms with Crippen molar-refractivity contribution in [1.82, 2.24) is 4.90 Å². The second-order valence-corrected chi connectivity index (χ2v) is 4.98. The van der Waals surface area contributed by atoms with Crippen LogP contribution in [0.1, 0.15) is 25.3 Å². The van der Waals surface area contributed by atoms with Gasteiger partial charge in [-0.1, -0.05) is 12.1 Å². The molecular formula is C15H20N2O2. The summed E-state index contributed by atoms with van der Waals surface area (Å²) in [7, 11) is 1.71. The number of benzene rings is 1. The Bertz CT molecular complexity index is 499. The Hall–Kier alpha value is -1.84. The van der Waals surface area contributed by atoms with E-state index in [4.69, 9.17) is 0 Å². The summed E-state index contributed by atoms with van der Waals surface area (Å²) in [5.41, 5.74) is 2.03. The Kier molecular flexibility index (Phi) is 3.88. The van der Waals surface area contributed by atoms with E-state index < -0.39 is 0 Å². The lowest BCUT2D eigenvalue weighted by Crippen LogP contribution is -2.45. The van der Waals surface area contributed by atoms with Crippen LogP contribution < -0.4 is 4.90 Å². The predicted molar refractivity (Wildman–Crippen MR) is 75.0 cm³/mol. The molecule has 0 saturated carbocycles. The fourth-order valence-corrected chi connectivity index (χ4v) is 2.53. The van der Waals surface area contributed by atoms with Gasteiger partial charge in [0.1, 0.15) is 6.04 Å². The normalized spacial score (nSPS) is 18.8. The lowest BCUT2D eigenvalue weighted by atomic mass is 10.1. The van der Waals surface area contributed by atoms with E-state index in [0.29, 0.717) is 19.4 Å². The first kappa shape index (κ1) is 13.6. The zero-order chi connectivity index (χ0) is 14.0. The molecule has 1 aromatic carbocycles. The first-order chi connectivity index (χ1) is 9.04. The summed E-state index contributed by atoms with van der Waals surface area (Å²) in [6.45, 7) is 4.57. The minimum atomic E-state index is -0.312. The highest BCUT2D eigenvalue weighted by atomic mass is 16.2. The Morgan fingerprint density at radius 3 is 2.74 bits per heavy atom. The Morgan fingerprint density at radius 1 is 1.47 bits per heavy atom. The van der Waals surface area contributed by atoms with Gasteiger partial charge in [-0.3, -0.25) is 9.59 Å². The van der Waals surface area contributed by atoms with Gasteiger partial charge in [0.15, 0.2) is 0 Å². The molecule has 1 fully saturated rings. The van der Waals surface area contributed by atoms with E-state index in [2.05, 4.69) is 0 Å². The predicted octanol–water partition coefficient (Wildman–Crippen LogP) is 1.97. The highest BCUT2D eigenvalue weighted by Crippen LogP contribution is 2.23. The van der Waals surface area contributed by atoms with Crippen molar-refractivity contribution in [2.45, 2.75) is 32.7 Å². The number of rotatable bonds is 3. The molecule has 0 bridgehead atoms. The number of anilines is 1. The molecule has 1 aliphatic rings. The van der Waals surface area contributed by atoms with E-state index in [9.17, 15) is 9.59 Å². The molecular weight excluding hydrogens is 240 g/mol. The van der Waals surface area contributed by atoms with Crippen LogP contribution in [-0.2, 0) is 9.59 Å². The minimum absolute atomic E-state index is 0.0152. The van der Waals surface area contributed by atoms with Crippen LogP contribution in [0.2, 0.25) is 0 Å². The Labute approximate surface area is 114 Å². The van der Waals surface area contributed by atoms with E-state index in [1.165, 1.54) is 0 Å². The molecule has 1 saturated heterocycles. The van der Waals surface area contributed by atoms with Crippen molar-refractivity contribution in [2.75, 3.05) is 18.5 Å². The molecule has 102 valence electrons. The maximum absolute atomic E-state index is 12.6. The van der Waals surface area contributed by atoms with Crippen LogP contribution in [0, 0.1) is 6.92 Å². The molecule has 0 radical (unpaired) electrons. The second kappa shape index (κ2) is 5.43. The van der Waals surface area contributed by atoms with E-state index in [1.807, 2.05) is 38.1 Å². The number of nitrogens with zero attached hydrogens (tertiary/aromatic N) is 2. The number of carbonyl (C=O) groups is 2. The maximum Gasteiger partial charge on any atom is 0.249 e. The third-order valence-corrected chi connectivity index (χ3v) is 3.67. The summed E-state index contributed by atoms with van der Waals surface area (Å²) in [6.07, 6.45) is 1.09. The number of hydrogen-bond donors (Lipinski definition) is 0. The van der Waals surface area contributed by atoms with E-state index >= 15 is 0 Å². The summed E-state index contributed by atoms with van der Waals surface area (Å²) in [5.74, 6) is 0.0695. The average molecular weight is 260 g/mol. The molecule has 4 nitrogen and oxygen atoms in total. The Balaban J connectivity index is 2.23. The summed E-state index contributed by atoms with van der Waals surface area (Å²) in [4.78, 5) is 27.4. The van der Waals surface area contributed by atoms with E-state index in [1.54, 1.807) is 16.8 Å². The standard InChI is InChI=1S/C15H20N2O2/c1-4-17(12-7-5-6-11(2)10-12)15(19)13-8-9-14(18)16(13)3/h5-7,10,13H,4,8-9H2,1-3H3. The van der Waals surface area contributed by atoms with Gasteiger partial charge in [0, 0.05) is 25.7 Å². The van der Waals surface area contributed by atoms with Gasteiger partial charge in [0.25, 0.3) is 0 Å². The molecule has 1 aliphatic heterocycles. The first-order valence-electron chi connectivity index (χ1n) is 6.68. The number of hydrogen-bond acceptors (Lipinski definition) is 2. The van der Waals surface area contributed by atoms with Crippen molar-refractivity contribution < 1.29 is 9.59 Å². The largest absolute Gasteiger partial charge is 0.334 e. The van der Waals surface area contributed by atoms with Crippen LogP contribution in [0.25, 0.3) is 0 Å². The van der Waals surface area contributed by atoms with Gasteiger partial charge in [0.2, 0.25) is 11.8 Å². The van der Waals surface area contributed by atoms with Crippen molar-refractivity contribution in [2.24, 2.45) is 0 Å². The van der Waals surface area contributed by atoms with E-state index in [-0.39, 0.29) is 17.9 Å². The minimum Gasteiger partial charge on any atom is -0.334 e. The van der Waals surface area contributed by atoms with Gasteiger partial charge in [-0.15, -0.1) is 0 Å². The van der Waals surface area contributed by atoms with Gasteiger partial charge in [0.05, 0.1) is 0 Å². The highest BCUT2D eigenvalue weighted by Gasteiger charge is 2.35. The number of aryl methyl sites for hydroxylation is 1. The lowest BCUT2D eigenvalue weighted by Gasteiger charge is -2.27. The van der Waals surface area contributed by atoms with Crippen LogP contribution >= 0.6 is 0 Å². The van der Waals surface area contributed by atoms with Gasteiger partial charge in [-0.2, -0.15) is 0 Å². The molecule has 1 unspecified atom stereocenters. The summed E-state index contributed by atoms with van der Waals surface area (Å²) in [6, 6.07) is 7.58. The summed E-state index contributed by atoms with van der Waals surface area (Å²) < 4.78 is 0. The lowest BCUT2D eigenvalue weighted by molar-refractivity contribution is -0.132. The van der Waals surface area contributed by atoms with Crippen molar-refractivity contribution >= 4 is 17.5 Å². The van der Waals surface area contributed by atoms with Gasteiger partial charge in [-0.25, -0.2) is 0 Å². The zero-order valence-electron chi connectivity index (χ0n) is 11.7. The van der Waals surface area contributed by atoms with Crippen molar-refractivity contribution in [1.29, 1.82) is 0 Å². The number of amides is 2. The molecule has 1 heterocycles. The second-order valence-electron chi connectivity index (χ2n) is 4.98. The summed E-state index contributed by atoms with van der Waals surface area (Å²) >= 11 is 0. The molecule has 0 spiro atoms. The van der Waals surface area contributed by atoms with Crippen molar-refractivity contribution in [3.8, 4) is 0 Å². The SMILES string of the molecule is CCN(C(=O)C1CCC(=O)N1C)c1cccc(C)c1. The Morgan fingerprint density at radius 2 is 2.21 bits per heavy atom. The van der Waals surface area contributed by atoms with Crippen LogP contribution in [0.5, 0.6) is 0 Å².